The average Bonchev–Trinajstić information content (AvgIpc) is 3.42. The summed E-state index contributed by atoms with van der Waals surface area (Å²) in [6.07, 6.45) is 3.91. The van der Waals surface area contributed by atoms with Crippen molar-refractivity contribution in [2.45, 2.75) is 38.3 Å². The van der Waals surface area contributed by atoms with Gasteiger partial charge in [-0.15, -0.1) is 0 Å². The van der Waals surface area contributed by atoms with E-state index < -0.39 is 12.0 Å². The van der Waals surface area contributed by atoms with Crippen LogP contribution in [0.5, 0.6) is 0 Å². The number of nitriles is 1. The number of fused-ring (bicyclic) bond motifs is 1. The molecule has 3 atom stereocenters. The zero-order chi connectivity index (χ0) is 24.0. The van der Waals surface area contributed by atoms with Crippen LogP contribution in [0.25, 0.3) is 5.65 Å². The van der Waals surface area contributed by atoms with Gasteiger partial charge >= 0.3 is 0 Å². The molecular formula is C24H26ClN7O2. The van der Waals surface area contributed by atoms with Crippen LogP contribution in [0, 0.1) is 24.2 Å². The van der Waals surface area contributed by atoms with Gasteiger partial charge in [0.25, 0.3) is 5.91 Å². The number of halogens is 1. The molecule has 4 heterocycles. The first kappa shape index (κ1) is 22.4. The number of hydrogen-bond donors (Lipinski definition) is 2. The summed E-state index contributed by atoms with van der Waals surface area (Å²) in [5, 5.41) is 24.6. The number of β-amino-alcohol motifs (C(OH)–C–C–N with tert-alkyl or cyclic N) is 1. The Balaban J connectivity index is 1.47. The Kier molecular flexibility index (Phi) is 5.80. The molecule has 1 amide bonds. The molecule has 34 heavy (non-hydrogen) atoms. The van der Waals surface area contributed by atoms with Crippen LogP contribution >= 0.6 is 11.6 Å². The van der Waals surface area contributed by atoms with Crippen molar-refractivity contribution in [2.24, 2.45) is 5.92 Å². The fourth-order valence-electron chi connectivity index (χ4n) is 4.94. The quantitative estimate of drug-likeness (QED) is 0.553. The van der Waals surface area contributed by atoms with Crippen LogP contribution in [-0.2, 0) is 0 Å². The van der Waals surface area contributed by atoms with E-state index in [1.165, 1.54) is 0 Å². The summed E-state index contributed by atoms with van der Waals surface area (Å²) in [6, 6.07) is 8.82. The van der Waals surface area contributed by atoms with Gasteiger partial charge < -0.3 is 20.6 Å². The largest absolute Gasteiger partial charge is 0.398 e. The summed E-state index contributed by atoms with van der Waals surface area (Å²) in [4.78, 5) is 22.0. The number of aliphatic hydroxyl groups is 1. The van der Waals surface area contributed by atoms with Crippen molar-refractivity contribution >= 4 is 34.7 Å². The van der Waals surface area contributed by atoms with Gasteiger partial charge in [0.2, 0.25) is 0 Å². The monoisotopic (exact) mass is 479 g/mol. The Bertz CT molecular complexity index is 1300. The average molecular weight is 480 g/mol. The lowest BCUT2D eigenvalue weighted by Gasteiger charge is -2.35. The number of amides is 1. The number of nitrogens with zero attached hydrogens (tertiary/aromatic N) is 6. The van der Waals surface area contributed by atoms with Gasteiger partial charge in [0, 0.05) is 48.2 Å². The third-order valence-corrected chi connectivity index (χ3v) is 6.96. The number of anilines is 2. The second kappa shape index (κ2) is 8.78. The minimum absolute atomic E-state index is 0.153. The zero-order valence-corrected chi connectivity index (χ0v) is 19.6. The SMILES string of the molecule is Cc1cn2nc(C3CCCCN3C(=O)c3cc(Cl)ccc3N)cc2nc1N1CC(O)[C@@H](C#N)C1. The van der Waals surface area contributed by atoms with Gasteiger partial charge in [-0.05, 0) is 44.4 Å². The highest BCUT2D eigenvalue weighted by Gasteiger charge is 2.34. The van der Waals surface area contributed by atoms with E-state index in [-0.39, 0.29) is 11.9 Å². The van der Waals surface area contributed by atoms with Crippen molar-refractivity contribution < 1.29 is 9.90 Å². The molecule has 176 valence electrons. The Labute approximate surface area is 202 Å². The van der Waals surface area contributed by atoms with Gasteiger partial charge in [-0.3, -0.25) is 4.79 Å². The number of aliphatic hydroxyl groups excluding tert-OH is 1. The van der Waals surface area contributed by atoms with Crippen LogP contribution in [0.15, 0.2) is 30.5 Å². The van der Waals surface area contributed by atoms with Gasteiger partial charge in [-0.1, -0.05) is 11.6 Å². The molecule has 0 aliphatic carbocycles. The Morgan fingerprint density at radius 2 is 2.12 bits per heavy atom. The fourth-order valence-corrected chi connectivity index (χ4v) is 5.11. The number of hydrogen-bond acceptors (Lipinski definition) is 7. The van der Waals surface area contributed by atoms with Crippen LogP contribution in [-0.4, -0.2) is 56.2 Å². The standard InChI is InChI=1S/C24H26ClN7O2/c1-14-11-32-22(28-23(14)30-12-15(10-26)21(33)13-30)9-19(29-32)20-4-2-3-7-31(20)24(34)17-8-16(25)5-6-18(17)27/h5-6,8-9,11,15,20-21,33H,2-4,7,12-13,27H2,1H3/t15-,20?,21?/m0/s1. The molecule has 2 unspecified atom stereocenters. The topological polar surface area (TPSA) is 124 Å². The number of aromatic nitrogens is 3. The third-order valence-electron chi connectivity index (χ3n) is 6.73. The van der Waals surface area contributed by atoms with E-state index in [0.717, 1.165) is 36.3 Å². The summed E-state index contributed by atoms with van der Waals surface area (Å²) in [7, 11) is 0. The van der Waals surface area contributed by atoms with Crippen molar-refractivity contribution in [1.29, 1.82) is 5.26 Å². The number of nitrogen functional groups attached to an aromatic ring is 1. The van der Waals surface area contributed by atoms with Gasteiger partial charge in [-0.25, -0.2) is 9.50 Å². The van der Waals surface area contributed by atoms with Gasteiger partial charge in [0.1, 0.15) is 5.82 Å². The summed E-state index contributed by atoms with van der Waals surface area (Å²) in [6.45, 7) is 3.36. The maximum Gasteiger partial charge on any atom is 0.256 e. The summed E-state index contributed by atoms with van der Waals surface area (Å²) >= 11 is 6.13. The number of carbonyl (C=O) groups excluding carboxylic acids is 1. The molecule has 10 heteroatoms. The molecule has 0 bridgehead atoms. The van der Waals surface area contributed by atoms with E-state index in [1.54, 1.807) is 22.7 Å². The Morgan fingerprint density at radius 3 is 2.88 bits per heavy atom. The highest BCUT2D eigenvalue weighted by atomic mass is 35.5. The van der Waals surface area contributed by atoms with E-state index in [9.17, 15) is 15.2 Å². The predicted molar refractivity (Wildman–Crippen MR) is 129 cm³/mol. The minimum Gasteiger partial charge on any atom is -0.398 e. The molecule has 2 saturated heterocycles. The molecule has 5 rings (SSSR count). The number of aryl methyl sites for hydroxylation is 1. The van der Waals surface area contributed by atoms with Crippen LogP contribution in [0.4, 0.5) is 11.5 Å². The first-order valence-electron chi connectivity index (χ1n) is 11.4. The van der Waals surface area contributed by atoms with Gasteiger partial charge in [0.15, 0.2) is 5.65 Å². The second-order valence-corrected chi connectivity index (χ2v) is 9.51. The smallest absolute Gasteiger partial charge is 0.256 e. The molecule has 9 nitrogen and oxygen atoms in total. The van der Waals surface area contributed by atoms with E-state index >= 15 is 0 Å². The molecule has 3 aromatic rings. The lowest BCUT2D eigenvalue weighted by molar-refractivity contribution is 0.0607. The first-order valence-corrected chi connectivity index (χ1v) is 11.8. The number of piperidine rings is 1. The molecule has 1 aromatic carbocycles. The van der Waals surface area contributed by atoms with Crippen LogP contribution in [0.1, 0.15) is 46.9 Å². The number of likely N-dealkylation sites (tertiary alicyclic amines) is 1. The first-order chi connectivity index (χ1) is 16.4. The molecular weight excluding hydrogens is 454 g/mol. The molecule has 2 aliphatic heterocycles. The molecule has 0 radical (unpaired) electrons. The van der Waals surface area contributed by atoms with Crippen molar-refractivity contribution in [1.82, 2.24) is 19.5 Å². The zero-order valence-electron chi connectivity index (χ0n) is 18.9. The van der Waals surface area contributed by atoms with Crippen molar-refractivity contribution in [2.75, 3.05) is 30.3 Å². The molecule has 3 N–H and O–H groups in total. The minimum atomic E-state index is -0.691. The normalized spacial score (nSPS) is 22.8. The van der Waals surface area contributed by atoms with Gasteiger partial charge in [0.05, 0.1) is 35.4 Å². The van der Waals surface area contributed by atoms with Crippen LogP contribution in [0.3, 0.4) is 0 Å². The summed E-state index contributed by atoms with van der Waals surface area (Å²) in [5.74, 6) is 0.151. The van der Waals surface area contributed by atoms with Crippen LogP contribution < -0.4 is 10.6 Å². The number of rotatable bonds is 3. The Hall–Kier alpha value is -3.35. The lowest BCUT2D eigenvalue weighted by atomic mass is 9.98. The van der Waals surface area contributed by atoms with E-state index in [2.05, 4.69) is 6.07 Å². The van der Waals surface area contributed by atoms with Crippen LogP contribution in [0.2, 0.25) is 5.02 Å². The number of benzene rings is 1. The summed E-state index contributed by atoms with van der Waals surface area (Å²) < 4.78 is 1.73. The maximum atomic E-state index is 13.4. The Morgan fingerprint density at radius 1 is 1.29 bits per heavy atom. The van der Waals surface area contributed by atoms with Crippen molar-refractivity contribution in [3.05, 3.63) is 52.3 Å². The third kappa shape index (κ3) is 3.93. The lowest BCUT2D eigenvalue weighted by Crippen LogP contribution is -2.39. The fraction of sp³-hybridized carbons (Fsp3) is 0.417. The molecule has 0 saturated carbocycles. The number of carbonyl (C=O) groups is 1. The number of nitrogens with two attached hydrogens (primary N) is 1. The van der Waals surface area contributed by atoms with Crippen molar-refractivity contribution in [3.8, 4) is 6.07 Å². The highest BCUT2D eigenvalue weighted by Crippen LogP contribution is 2.34. The molecule has 2 fully saturated rings. The molecule has 2 aliphatic rings. The van der Waals surface area contributed by atoms with Crippen molar-refractivity contribution in [3.63, 3.8) is 0 Å². The maximum absolute atomic E-state index is 13.4. The highest BCUT2D eigenvalue weighted by molar-refractivity contribution is 6.31. The van der Waals surface area contributed by atoms with E-state index in [0.29, 0.717) is 41.6 Å². The van der Waals surface area contributed by atoms with E-state index in [4.69, 9.17) is 27.4 Å². The molecule has 0 spiro atoms. The van der Waals surface area contributed by atoms with E-state index in [1.807, 2.05) is 29.0 Å². The molecule has 2 aromatic heterocycles. The second-order valence-electron chi connectivity index (χ2n) is 9.07. The van der Waals surface area contributed by atoms with Gasteiger partial charge in [-0.2, -0.15) is 10.4 Å². The summed E-state index contributed by atoms with van der Waals surface area (Å²) in [5.41, 5.74) is 9.22. The predicted octanol–water partition coefficient (Wildman–Crippen LogP) is 2.96.